The first-order valence-corrected chi connectivity index (χ1v) is 8.72. The normalized spacial score (nSPS) is 12.2. The number of halogens is 1. The highest BCUT2D eigenvalue weighted by Gasteiger charge is 2.25. The maximum Gasteiger partial charge on any atom is 0.260 e. The summed E-state index contributed by atoms with van der Waals surface area (Å²) in [5.74, 6) is 0.697. The van der Waals surface area contributed by atoms with E-state index >= 15 is 0 Å². The summed E-state index contributed by atoms with van der Waals surface area (Å²) >= 11 is 3.29. The predicted octanol–water partition coefficient (Wildman–Crippen LogP) is 2.16. The average Bonchev–Trinajstić information content (AvgIpc) is 2.83. The largest absolute Gasteiger partial charge is 0.332 e. The highest BCUT2D eigenvalue weighted by Crippen LogP contribution is 2.15. The number of sulfonamides is 1. The lowest BCUT2D eigenvalue weighted by Crippen LogP contribution is -2.33. The van der Waals surface area contributed by atoms with E-state index in [0.717, 1.165) is 12.8 Å². The predicted molar refractivity (Wildman–Crippen MR) is 75.4 cm³/mol. The molecule has 7 heteroatoms. The number of hydrogen-bond acceptors (Lipinski definition) is 3. The van der Waals surface area contributed by atoms with Crippen molar-refractivity contribution in [3.05, 3.63) is 12.0 Å². The van der Waals surface area contributed by atoms with Gasteiger partial charge in [-0.05, 0) is 6.42 Å². The van der Waals surface area contributed by atoms with Gasteiger partial charge in [-0.2, -0.15) is 4.31 Å². The molecule has 0 spiro atoms. The number of alkyl halides is 1. The van der Waals surface area contributed by atoms with E-state index < -0.39 is 10.0 Å². The average molecular weight is 338 g/mol. The molecule has 1 heterocycles. The van der Waals surface area contributed by atoms with Gasteiger partial charge in [0, 0.05) is 24.8 Å². The second-order valence-corrected chi connectivity index (χ2v) is 6.69. The molecule has 0 atom stereocenters. The quantitative estimate of drug-likeness (QED) is 0.739. The van der Waals surface area contributed by atoms with Crippen LogP contribution in [0.4, 0.5) is 0 Å². The van der Waals surface area contributed by atoms with Crippen LogP contribution in [0.2, 0.25) is 0 Å². The van der Waals surface area contributed by atoms with Crippen molar-refractivity contribution in [3.8, 4) is 0 Å². The molecule has 1 aromatic rings. The number of rotatable bonds is 8. The Morgan fingerprint density at radius 1 is 1.39 bits per heavy atom. The molecule has 18 heavy (non-hydrogen) atoms. The van der Waals surface area contributed by atoms with Crippen molar-refractivity contribution < 1.29 is 8.42 Å². The molecule has 1 aromatic heterocycles. The number of aryl methyl sites for hydroxylation is 1. The van der Waals surface area contributed by atoms with Gasteiger partial charge in [0.2, 0.25) is 0 Å². The van der Waals surface area contributed by atoms with Gasteiger partial charge in [0.05, 0.1) is 6.20 Å². The molecule has 0 unspecified atom stereocenters. The van der Waals surface area contributed by atoms with Crippen molar-refractivity contribution >= 4 is 26.0 Å². The summed E-state index contributed by atoms with van der Waals surface area (Å²) in [5, 5.41) is 0.821. The minimum absolute atomic E-state index is 0.191. The molecule has 1 rings (SSSR count). The third kappa shape index (κ3) is 3.80. The number of imidazole rings is 1. The number of aromatic nitrogens is 2. The topological polar surface area (TPSA) is 66.1 Å². The Morgan fingerprint density at radius 3 is 2.61 bits per heavy atom. The number of hydrogen-bond donors (Lipinski definition) is 1. The molecular formula is C11H20BrN3O2S. The maximum atomic E-state index is 12.4. The van der Waals surface area contributed by atoms with Crippen LogP contribution in [0.3, 0.4) is 0 Å². The molecule has 0 aliphatic rings. The van der Waals surface area contributed by atoms with Crippen LogP contribution in [0.25, 0.3) is 0 Å². The van der Waals surface area contributed by atoms with Gasteiger partial charge >= 0.3 is 0 Å². The molecule has 0 bridgehead atoms. The first-order valence-electron chi connectivity index (χ1n) is 6.16. The highest BCUT2D eigenvalue weighted by atomic mass is 79.9. The van der Waals surface area contributed by atoms with Crippen molar-refractivity contribution in [1.82, 2.24) is 14.3 Å². The molecular weight excluding hydrogens is 318 g/mol. The minimum Gasteiger partial charge on any atom is -0.332 e. The standard InChI is InChI=1S/C11H20BrN3O2S/c1-3-5-7-15(8-6-12)18(16,17)11-9-13-10(4-2)14-11/h9H,3-8H2,1-2H3,(H,13,14). The minimum atomic E-state index is -3.44. The van der Waals surface area contributed by atoms with Crippen molar-refractivity contribution in [2.24, 2.45) is 0 Å². The number of aromatic amines is 1. The molecule has 0 amide bonds. The summed E-state index contributed by atoms with van der Waals surface area (Å²) in [6.45, 7) is 5.00. The monoisotopic (exact) mass is 337 g/mol. The summed E-state index contributed by atoms with van der Waals surface area (Å²) < 4.78 is 26.3. The molecule has 5 nitrogen and oxygen atoms in total. The molecule has 0 aliphatic heterocycles. The van der Waals surface area contributed by atoms with Crippen molar-refractivity contribution in [1.29, 1.82) is 0 Å². The molecule has 1 N–H and O–H groups in total. The van der Waals surface area contributed by atoms with Gasteiger partial charge in [-0.1, -0.05) is 36.2 Å². The van der Waals surface area contributed by atoms with Crippen LogP contribution in [-0.2, 0) is 16.4 Å². The van der Waals surface area contributed by atoms with Crippen molar-refractivity contribution in [2.45, 2.75) is 38.1 Å². The second kappa shape index (κ2) is 7.25. The van der Waals surface area contributed by atoms with Crippen molar-refractivity contribution in [3.63, 3.8) is 0 Å². The number of nitrogens with zero attached hydrogens (tertiary/aromatic N) is 2. The summed E-state index contributed by atoms with van der Waals surface area (Å²) in [6, 6.07) is 0. The Balaban J connectivity index is 2.92. The van der Waals surface area contributed by atoms with Crippen LogP contribution in [0, 0.1) is 0 Å². The Bertz CT molecular complexity index is 459. The van der Waals surface area contributed by atoms with E-state index in [-0.39, 0.29) is 5.03 Å². The van der Waals surface area contributed by atoms with Crippen LogP contribution in [-0.4, -0.2) is 41.1 Å². The van der Waals surface area contributed by atoms with Crippen molar-refractivity contribution in [2.75, 3.05) is 18.4 Å². The van der Waals surface area contributed by atoms with E-state index in [9.17, 15) is 8.42 Å². The summed E-state index contributed by atoms with van der Waals surface area (Å²) in [5.41, 5.74) is 0. The van der Waals surface area contributed by atoms with Gasteiger partial charge in [0.1, 0.15) is 5.82 Å². The zero-order chi connectivity index (χ0) is 13.6. The van der Waals surface area contributed by atoms with E-state index in [4.69, 9.17) is 0 Å². The zero-order valence-corrected chi connectivity index (χ0v) is 13.2. The summed E-state index contributed by atoms with van der Waals surface area (Å²) in [4.78, 5) is 6.91. The molecule has 0 fully saturated rings. The fourth-order valence-electron chi connectivity index (χ4n) is 1.57. The first kappa shape index (κ1) is 15.7. The molecule has 0 saturated carbocycles. The van der Waals surface area contributed by atoms with E-state index in [2.05, 4.69) is 25.9 Å². The summed E-state index contributed by atoms with van der Waals surface area (Å²) in [7, 11) is -3.44. The smallest absolute Gasteiger partial charge is 0.260 e. The van der Waals surface area contributed by atoms with Gasteiger partial charge in [-0.15, -0.1) is 0 Å². The van der Waals surface area contributed by atoms with Gasteiger partial charge < -0.3 is 4.98 Å². The Kier molecular flexibility index (Phi) is 6.31. The highest BCUT2D eigenvalue weighted by molar-refractivity contribution is 9.09. The van der Waals surface area contributed by atoms with Gasteiger partial charge in [-0.25, -0.2) is 13.4 Å². The first-order chi connectivity index (χ1) is 8.56. The Morgan fingerprint density at radius 2 is 2.11 bits per heavy atom. The lowest BCUT2D eigenvalue weighted by molar-refractivity contribution is 0.420. The van der Waals surface area contributed by atoms with E-state index in [0.29, 0.717) is 30.7 Å². The Hall–Kier alpha value is -0.400. The van der Waals surface area contributed by atoms with Gasteiger partial charge in [0.15, 0.2) is 5.03 Å². The zero-order valence-electron chi connectivity index (χ0n) is 10.8. The van der Waals surface area contributed by atoms with Crippen LogP contribution >= 0.6 is 15.9 Å². The molecule has 0 radical (unpaired) electrons. The number of nitrogens with one attached hydrogen (secondary N) is 1. The fourth-order valence-corrected chi connectivity index (χ4v) is 3.65. The van der Waals surface area contributed by atoms with E-state index in [1.807, 2.05) is 13.8 Å². The summed E-state index contributed by atoms with van der Waals surface area (Å²) in [6.07, 6.45) is 3.93. The van der Waals surface area contributed by atoms with Crippen LogP contribution in [0.5, 0.6) is 0 Å². The fraction of sp³-hybridized carbons (Fsp3) is 0.727. The van der Waals surface area contributed by atoms with Gasteiger partial charge in [-0.3, -0.25) is 0 Å². The van der Waals surface area contributed by atoms with E-state index in [1.54, 1.807) is 0 Å². The SMILES string of the molecule is CCCCN(CCBr)S(=O)(=O)c1cnc(CC)[nH]1. The molecule has 0 aromatic carbocycles. The van der Waals surface area contributed by atoms with E-state index in [1.165, 1.54) is 10.5 Å². The lowest BCUT2D eigenvalue weighted by Gasteiger charge is -2.19. The van der Waals surface area contributed by atoms with Gasteiger partial charge in [0.25, 0.3) is 10.0 Å². The van der Waals surface area contributed by atoms with Crippen LogP contribution < -0.4 is 0 Å². The van der Waals surface area contributed by atoms with Crippen LogP contribution in [0.1, 0.15) is 32.5 Å². The number of unbranched alkanes of at least 4 members (excludes halogenated alkanes) is 1. The molecule has 0 saturated heterocycles. The Labute approximate surface area is 117 Å². The second-order valence-electron chi connectivity index (χ2n) is 3.99. The third-order valence-electron chi connectivity index (χ3n) is 2.65. The number of H-pyrrole nitrogens is 1. The lowest BCUT2D eigenvalue weighted by atomic mass is 10.3. The molecule has 0 aliphatic carbocycles. The molecule has 104 valence electrons. The third-order valence-corrected chi connectivity index (χ3v) is 4.82. The van der Waals surface area contributed by atoms with Crippen LogP contribution in [0.15, 0.2) is 11.2 Å². The maximum absolute atomic E-state index is 12.4.